The van der Waals surface area contributed by atoms with Gasteiger partial charge in [0.2, 0.25) is 0 Å². The highest BCUT2D eigenvalue weighted by Crippen LogP contribution is 2.34. The van der Waals surface area contributed by atoms with E-state index >= 15 is 0 Å². The first kappa shape index (κ1) is 12.8. The van der Waals surface area contributed by atoms with Gasteiger partial charge in [0.15, 0.2) is 0 Å². The molecule has 2 rings (SSSR count). The monoisotopic (exact) mass is 298 g/mol. The van der Waals surface area contributed by atoms with E-state index in [0.717, 1.165) is 16.8 Å². The molecule has 4 nitrogen and oxygen atoms in total. The third kappa shape index (κ3) is 2.77. The number of likely N-dealkylation sites (N-methyl/N-ethyl adjacent to an activating group) is 1. The molecule has 1 aliphatic rings. The Bertz CT molecular complexity index is 375. The summed E-state index contributed by atoms with van der Waals surface area (Å²) in [7, 11) is 4.34. The lowest BCUT2D eigenvalue weighted by Crippen LogP contribution is -2.47. The Morgan fingerprint density at radius 3 is 2.71 bits per heavy atom. The highest BCUT2D eigenvalue weighted by Gasteiger charge is 2.35. The molecule has 0 spiro atoms. The molecule has 1 N–H and O–H groups in total. The van der Waals surface area contributed by atoms with Crippen LogP contribution in [0.5, 0.6) is 0 Å². The fraction of sp³-hybridized carbons (Fsp3) is 0.667. The molecule has 0 radical (unpaired) electrons. The number of hydrogen-bond acceptors (Lipinski definition) is 4. The van der Waals surface area contributed by atoms with Crippen molar-refractivity contribution in [3.05, 3.63) is 17.0 Å². The molecule has 0 aliphatic heterocycles. The van der Waals surface area contributed by atoms with E-state index in [4.69, 9.17) is 0 Å². The fourth-order valence-corrected chi connectivity index (χ4v) is 2.87. The molecule has 1 heterocycles. The van der Waals surface area contributed by atoms with Gasteiger partial charge in [-0.1, -0.05) is 12.8 Å². The first-order chi connectivity index (χ1) is 8.14. The molecule has 1 aliphatic carbocycles. The molecule has 0 aromatic carbocycles. The number of aromatic nitrogens is 2. The van der Waals surface area contributed by atoms with Crippen molar-refractivity contribution in [1.82, 2.24) is 14.9 Å². The van der Waals surface area contributed by atoms with Gasteiger partial charge in [0.25, 0.3) is 0 Å². The van der Waals surface area contributed by atoms with Crippen LogP contribution in [0.15, 0.2) is 17.0 Å². The van der Waals surface area contributed by atoms with Crippen LogP contribution in [0.4, 0.5) is 5.82 Å². The summed E-state index contributed by atoms with van der Waals surface area (Å²) in [6.45, 7) is 0.940. The average molecular weight is 299 g/mol. The number of nitrogens with one attached hydrogen (secondary N) is 1. The van der Waals surface area contributed by atoms with E-state index in [1.54, 1.807) is 12.5 Å². The summed E-state index contributed by atoms with van der Waals surface area (Å²) in [5.74, 6) is 0.883. The van der Waals surface area contributed by atoms with E-state index < -0.39 is 0 Å². The Balaban J connectivity index is 2.03. The molecule has 0 atom stereocenters. The molecule has 17 heavy (non-hydrogen) atoms. The van der Waals surface area contributed by atoms with Gasteiger partial charge in [0.1, 0.15) is 12.1 Å². The molecule has 0 amide bonds. The summed E-state index contributed by atoms with van der Waals surface area (Å²) in [5.41, 5.74) is 0.282. The Hall–Kier alpha value is -0.680. The first-order valence-electron chi connectivity index (χ1n) is 6.01. The topological polar surface area (TPSA) is 41.0 Å². The molecule has 1 aromatic rings. The van der Waals surface area contributed by atoms with E-state index in [2.05, 4.69) is 50.2 Å². The van der Waals surface area contributed by atoms with Crippen molar-refractivity contribution < 1.29 is 0 Å². The molecule has 1 fully saturated rings. The molecular formula is C12H19BrN4. The van der Waals surface area contributed by atoms with Crippen LogP contribution in [0, 0.1) is 0 Å². The predicted molar refractivity (Wildman–Crippen MR) is 73.1 cm³/mol. The number of nitrogens with zero attached hydrogens (tertiary/aromatic N) is 3. The van der Waals surface area contributed by atoms with Crippen LogP contribution >= 0.6 is 15.9 Å². The lowest BCUT2D eigenvalue weighted by atomic mass is 9.96. The first-order valence-corrected chi connectivity index (χ1v) is 6.80. The highest BCUT2D eigenvalue weighted by atomic mass is 79.9. The van der Waals surface area contributed by atoms with E-state index in [-0.39, 0.29) is 5.54 Å². The molecular weight excluding hydrogens is 280 g/mol. The third-order valence-electron chi connectivity index (χ3n) is 3.74. The second kappa shape index (κ2) is 5.31. The molecule has 1 aromatic heterocycles. The van der Waals surface area contributed by atoms with Gasteiger partial charge < -0.3 is 10.2 Å². The lowest BCUT2D eigenvalue weighted by molar-refractivity contribution is 0.172. The van der Waals surface area contributed by atoms with Gasteiger partial charge in [-0.05, 0) is 42.9 Å². The molecule has 1 saturated carbocycles. The number of rotatable bonds is 4. The number of hydrogen-bond donors (Lipinski definition) is 1. The average Bonchev–Trinajstić information content (AvgIpc) is 2.78. The van der Waals surface area contributed by atoms with Gasteiger partial charge in [-0.3, -0.25) is 0 Å². The summed E-state index contributed by atoms with van der Waals surface area (Å²) in [5, 5.41) is 3.44. The summed E-state index contributed by atoms with van der Waals surface area (Å²) >= 11 is 3.46. The van der Waals surface area contributed by atoms with Crippen LogP contribution in [0.3, 0.4) is 0 Å². The van der Waals surface area contributed by atoms with Gasteiger partial charge in [0.05, 0.1) is 4.47 Å². The van der Waals surface area contributed by atoms with Crippen LogP contribution in [-0.4, -0.2) is 41.0 Å². The van der Waals surface area contributed by atoms with Gasteiger partial charge in [-0.2, -0.15) is 0 Å². The largest absolute Gasteiger partial charge is 0.367 e. The Morgan fingerprint density at radius 1 is 1.41 bits per heavy atom. The number of halogens is 1. The molecule has 0 bridgehead atoms. The molecule has 0 saturated heterocycles. The molecule has 0 unspecified atom stereocenters. The van der Waals surface area contributed by atoms with E-state index in [9.17, 15) is 0 Å². The lowest BCUT2D eigenvalue weighted by Gasteiger charge is -2.36. The smallest absolute Gasteiger partial charge is 0.143 e. The predicted octanol–water partition coefficient (Wildman–Crippen LogP) is 2.53. The van der Waals surface area contributed by atoms with Crippen LogP contribution in [0.2, 0.25) is 0 Å². The summed E-state index contributed by atoms with van der Waals surface area (Å²) < 4.78 is 0.923. The standard InChI is InChI=1S/C12H19BrN4/c1-17(2)12(5-3-4-6-12)8-15-11-10(13)7-14-9-16-11/h7,9H,3-6,8H2,1-2H3,(H,14,15,16). The zero-order chi connectivity index (χ0) is 12.3. The van der Waals surface area contributed by atoms with Gasteiger partial charge in [-0.15, -0.1) is 0 Å². The minimum absolute atomic E-state index is 0.282. The summed E-state index contributed by atoms with van der Waals surface area (Å²) in [6.07, 6.45) is 8.51. The van der Waals surface area contributed by atoms with Gasteiger partial charge in [0, 0.05) is 18.3 Å². The second-order valence-electron chi connectivity index (χ2n) is 4.90. The summed E-state index contributed by atoms with van der Waals surface area (Å²) in [6, 6.07) is 0. The quantitative estimate of drug-likeness (QED) is 0.927. The number of anilines is 1. The van der Waals surface area contributed by atoms with Crippen LogP contribution in [0.1, 0.15) is 25.7 Å². The van der Waals surface area contributed by atoms with Crippen molar-refractivity contribution >= 4 is 21.7 Å². The zero-order valence-electron chi connectivity index (χ0n) is 10.4. The van der Waals surface area contributed by atoms with Crippen molar-refractivity contribution in [2.24, 2.45) is 0 Å². The highest BCUT2D eigenvalue weighted by molar-refractivity contribution is 9.10. The Kier molecular flexibility index (Phi) is 3.99. The maximum Gasteiger partial charge on any atom is 0.143 e. The Labute approximate surface area is 111 Å². The van der Waals surface area contributed by atoms with Gasteiger partial charge in [-0.25, -0.2) is 9.97 Å². The van der Waals surface area contributed by atoms with Gasteiger partial charge >= 0.3 is 0 Å². The molecule has 5 heteroatoms. The van der Waals surface area contributed by atoms with Crippen molar-refractivity contribution in [2.45, 2.75) is 31.2 Å². The van der Waals surface area contributed by atoms with E-state index in [1.165, 1.54) is 25.7 Å². The zero-order valence-corrected chi connectivity index (χ0v) is 12.0. The van der Waals surface area contributed by atoms with E-state index in [0.29, 0.717) is 0 Å². The Morgan fingerprint density at radius 2 is 2.12 bits per heavy atom. The van der Waals surface area contributed by atoms with Crippen LogP contribution < -0.4 is 5.32 Å². The van der Waals surface area contributed by atoms with E-state index in [1.807, 2.05) is 0 Å². The summed E-state index contributed by atoms with van der Waals surface area (Å²) in [4.78, 5) is 10.6. The van der Waals surface area contributed by atoms with Crippen molar-refractivity contribution in [3.8, 4) is 0 Å². The van der Waals surface area contributed by atoms with Crippen LogP contribution in [-0.2, 0) is 0 Å². The third-order valence-corrected chi connectivity index (χ3v) is 4.32. The minimum atomic E-state index is 0.282. The second-order valence-corrected chi connectivity index (χ2v) is 5.75. The SMILES string of the molecule is CN(C)C1(CNc2ncncc2Br)CCCC1. The fourth-order valence-electron chi connectivity index (χ4n) is 2.51. The van der Waals surface area contributed by atoms with Crippen LogP contribution in [0.25, 0.3) is 0 Å². The van der Waals surface area contributed by atoms with Crippen molar-refractivity contribution in [2.75, 3.05) is 26.0 Å². The maximum absolute atomic E-state index is 4.24. The molecule has 94 valence electrons. The minimum Gasteiger partial charge on any atom is -0.367 e. The normalized spacial score (nSPS) is 18.6. The maximum atomic E-state index is 4.24. The van der Waals surface area contributed by atoms with Crippen molar-refractivity contribution in [1.29, 1.82) is 0 Å². The van der Waals surface area contributed by atoms with Crippen molar-refractivity contribution in [3.63, 3.8) is 0 Å².